The van der Waals surface area contributed by atoms with Crippen molar-refractivity contribution >= 4 is 17.7 Å². The van der Waals surface area contributed by atoms with Crippen molar-refractivity contribution in [3.63, 3.8) is 0 Å². The maximum atomic E-state index is 11.7. The summed E-state index contributed by atoms with van der Waals surface area (Å²) in [6, 6.07) is 0.227. The normalized spacial score (nSPS) is 32.9. The minimum absolute atomic E-state index is 0.0946. The van der Waals surface area contributed by atoms with Crippen LogP contribution in [0.5, 0.6) is 0 Å². The molecular weight excluding hydrogens is 200 g/mol. The van der Waals surface area contributed by atoms with Crippen LogP contribution in [0.25, 0.3) is 0 Å². The molecule has 0 bridgehead atoms. The Bertz CT molecular complexity index is 201. The first kappa shape index (κ1) is 10.3. The standard InChI is InChI=1S/C9H16N2O2S/c12-9(8-5-13-3-2-10-8)11-7-1-4-14-6-7/h7-8,10H,1-6H2,(H,11,12). The van der Waals surface area contributed by atoms with E-state index < -0.39 is 0 Å². The number of ether oxygens (including phenoxy) is 1. The Labute approximate surface area is 88.1 Å². The molecule has 4 nitrogen and oxygen atoms in total. The maximum Gasteiger partial charge on any atom is 0.239 e. The van der Waals surface area contributed by atoms with Crippen LogP contribution in [0.1, 0.15) is 6.42 Å². The molecule has 2 unspecified atom stereocenters. The van der Waals surface area contributed by atoms with Gasteiger partial charge in [0.25, 0.3) is 0 Å². The van der Waals surface area contributed by atoms with Gasteiger partial charge in [0.15, 0.2) is 0 Å². The van der Waals surface area contributed by atoms with Crippen molar-refractivity contribution < 1.29 is 9.53 Å². The van der Waals surface area contributed by atoms with Crippen molar-refractivity contribution in [1.29, 1.82) is 0 Å². The highest BCUT2D eigenvalue weighted by atomic mass is 32.2. The van der Waals surface area contributed by atoms with Crippen LogP contribution in [0.15, 0.2) is 0 Å². The predicted molar refractivity (Wildman–Crippen MR) is 56.5 cm³/mol. The highest BCUT2D eigenvalue weighted by molar-refractivity contribution is 7.99. The summed E-state index contributed by atoms with van der Waals surface area (Å²) >= 11 is 1.90. The van der Waals surface area contributed by atoms with E-state index in [2.05, 4.69) is 10.6 Å². The lowest BCUT2D eigenvalue weighted by Gasteiger charge is -2.24. The number of carbonyl (C=O) groups is 1. The van der Waals surface area contributed by atoms with Gasteiger partial charge in [0.05, 0.1) is 13.2 Å². The molecule has 0 aliphatic carbocycles. The zero-order chi connectivity index (χ0) is 9.80. The molecule has 2 heterocycles. The zero-order valence-corrected chi connectivity index (χ0v) is 8.94. The molecule has 0 aromatic heterocycles. The Hall–Kier alpha value is -0.260. The van der Waals surface area contributed by atoms with Crippen molar-refractivity contribution in [3.8, 4) is 0 Å². The fourth-order valence-corrected chi connectivity index (χ4v) is 2.84. The van der Waals surface area contributed by atoms with Gasteiger partial charge in [0.1, 0.15) is 6.04 Å². The Morgan fingerprint density at radius 3 is 3.14 bits per heavy atom. The summed E-state index contributed by atoms with van der Waals surface area (Å²) in [6.45, 7) is 1.99. The zero-order valence-electron chi connectivity index (χ0n) is 8.12. The number of rotatable bonds is 2. The molecule has 0 spiro atoms. The van der Waals surface area contributed by atoms with E-state index in [0.29, 0.717) is 19.3 Å². The first-order chi connectivity index (χ1) is 6.86. The fraction of sp³-hybridized carbons (Fsp3) is 0.889. The summed E-state index contributed by atoms with van der Waals surface area (Å²) in [6.07, 6.45) is 1.10. The summed E-state index contributed by atoms with van der Waals surface area (Å²) < 4.78 is 5.24. The molecule has 0 aromatic rings. The van der Waals surface area contributed by atoms with Crippen LogP contribution < -0.4 is 10.6 Å². The van der Waals surface area contributed by atoms with Gasteiger partial charge < -0.3 is 15.4 Å². The van der Waals surface area contributed by atoms with E-state index in [1.807, 2.05) is 11.8 Å². The molecule has 2 atom stereocenters. The molecule has 2 aliphatic rings. The second-order valence-corrected chi connectivity index (χ2v) is 4.80. The quantitative estimate of drug-likeness (QED) is 0.659. The number of thioether (sulfide) groups is 1. The molecule has 80 valence electrons. The first-order valence-corrected chi connectivity index (χ1v) is 6.21. The smallest absolute Gasteiger partial charge is 0.239 e. The average Bonchev–Trinajstić information content (AvgIpc) is 2.72. The number of carbonyl (C=O) groups excluding carboxylic acids is 1. The van der Waals surface area contributed by atoms with Gasteiger partial charge in [0, 0.05) is 18.3 Å². The summed E-state index contributed by atoms with van der Waals surface area (Å²) in [4.78, 5) is 11.7. The predicted octanol–water partition coefficient (Wildman–Crippen LogP) is -0.404. The molecule has 1 amide bonds. The van der Waals surface area contributed by atoms with Crippen LogP contribution in [0, 0.1) is 0 Å². The lowest BCUT2D eigenvalue weighted by molar-refractivity contribution is -0.126. The number of morpholine rings is 1. The minimum atomic E-state index is -0.144. The lowest BCUT2D eigenvalue weighted by Crippen LogP contribution is -2.53. The Kier molecular flexibility index (Phi) is 3.67. The van der Waals surface area contributed by atoms with Gasteiger partial charge in [0.2, 0.25) is 5.91 Å². The molecule has 0 aromatic carbocycles. The van der Waals surface area contributed by atoms with Gasteiger partial charge in [-0.05, 0) is 12.2 Å². The van der Waals surface area contributed by atoms with E-state index in [9.17, 15) is 4.79 Å². The minimum Gasteiger partial charge on any atom is -0.378 e. The SMILES string of the molecule is O=C(NC1CCSC1)C1COCCN1. The molecule has 2 N–H and O–H groups in total. The molecule has 14 heavy (non-hydrogen) atoms. The maximum absolute atomic E-state index is 11.7. The van der Waals surface area contributed by atoms with Gasteiger partial charge >= 0.3 is 0 Å². The molecule has 0 radical (unpaired) electrons. The first-order valence-electron chi connectivity index (χ1n) is 5.05. The molecular formula is C9H16N2O2S. The van der Waals surface area contributed by atoms with E-state index >= 15 is 0 Å². The highest BCUT2D eigenvalue weighted by Crippen LogP contribution is 2.17. The van der Waals surface area contributed by atoms with Crippen molar-refractivity contribution in [2.75, 3.05) is 31.3 Å². The van der Waals surface area contributed by atoms with Crippen molar-refractivity contribution in [3.05, 3.63) is 0 Å². The number of amides is 1. The van der Waals surface area contributed by atoms with E-state index in [4.69, 9.17) is 4.74 Å². The molecule has 2 rings (SSSR count). The van der Waals surface area contributed by atoms with Crippen LogP contribution in [-0.2, 0) is 9.53 Å². The third-order valence-corrected chi connectivity index (χ3v) is 3.68. The second kappa shape index (κ2) is 5.00. The summed E-state index contributed by atoms with van der Waals surface area (Å²) in [7, 11) is 0. The second-order valence-electron chi connectivity index (χ2n) is 3.65. The summed E-state index contributed by atoms with van der Waals surface area (Å²) in [5.41, 5.74) is 0. The third-order valence-electron chi connectivity index (χ3n) is 2.51. The van der Waals surface area contributed by atoms with E-state index in [1.54, 1.807) is 0 Å². The van der Waals surface area contributed by atoms with E-state index in [0.717, 1.165) is 18.7 Å². The van der Waals surface area contributed by atoms with Crippen LogP contribution in [0.4, 0.5) is 0 Å². The van der Waals surface area contributed by atoms with E-state index in [-0.39, 0.29) is 11.9 Å². The van der Waals surface area contributed by atoms with E-state index in [1.165, 1.54) is 5.75 Å². The lowest BCUT2D eigenvalue weighted by atomic mass is 10.2. The van der Waals surface area contributed by atoms with Crippen LogP contribution in [0.2, 0.25) is 0 Å². The van der Waals surface area contributed by atoms with Crippen LogP contribution in [-0.4, -0.2) is 49.3 Å². The van der Waals surface area contributed by atoms with Crippen molar-refractivity contribution in [2.24, 2.45) is 0 Å². The highest BCUT2D eigenvalue weighted by Gasteiger charge is 2.24. The van der Waals surface area contributed by atoms with Crippen molar-refractivity contribution in [2.45, 2.75) is 18.5 Å². The van der Waals surface area contributed by atoms with Gasteiger partial charge in [-0.1, -0.05) is 0 Å². The van der Waals surface area contributed by atoms with Crippen molar-refractivity contribution in [1.82, 2.24) is 10.6 Å². The van der Waals surface area contributed by atoms with Crippen LogP contribution in [0.3, 0.4) is 0 Å². The number of nitrogens with one attached hydrogen (secondary N) is 2. The van der Waals surface area contributed by atoms with Gasteiger partial charge in [-0.15, -0.1) is 0 Å². The molecule has 2 aliphatic heterocycles. The molecule has 5 heteroatoms. The molecule has 0 saturated carbocycles. The fourth-order valence-electron chi connectivity index (χ4n) is 1.68. The topological polar surface area (TPSA) is 50.4 Å². The molecule has 2 fully saturated rings. The summed E-state index contributed by atoms with van der Waals surface area (Å²) in [5, 5.41) is 6.20. The largest absolute Gasteiger partial charge is 0.378 e. The van der Waals surface area contributed by atoms with Crippen LogP contribution >= 0.6 is 11.8 Å². The Morgan fingerprint density at radius 1 is 1.57 bits per heavy atom. The monoisotopic (exact) mass is 216 g/mol. The van der Waals surface area contributed by atoms with Gasteiger partial charge in [-0.2, -0.15) is 11.8 Å². The number of hydrogen-bond donors (Lipinski definition) is 2. The summed E-state index contributed by atoms with van der Waals surface area (Å²) in [5.74, 6) is 2.32. The van der Waals surface area contributed by atoms with Gasteiger partial charge in [-0.3, -0.25) is 4.79 Å². The van der Waals surface area contributed by atoms with Gasteiger partial charge in [-0.25, -0.2) is 0 Å². The number of hydrogen-bond acceptors (Lipinski definition) is 4. The molecule has 2 saturated heterocycles. The average molecular weight is 216 g/mol. The Balaban J connectivity index is 1.75. The Morgan fingerprint density at radius 2 is 2.50 bits per heavy atom. The third kappa shape index (κ3) is 2.62.